The number of carbonyl (C=O) groups is 2. The summed E-state index contributed by atoms with van der Waals surface area (Å²) in [5.41, 5.74) is 0.213. The fraction of sp³-hybridized carbons (Fsp3) is 0.667. The van der Waals surface area contributed by atoms with Crippen molar-refractivity contribution in [2.45, 2.75) is 24.6 Å². The number of amides is 1. The summed E-state index contributed by atoms with van der Waals surface area (Å²) >= 11 is 3.16. The summed E-state index contributed by atoms with van der Waals surface area (Å²) in [5.74, 6) is 0.566. The SMILES string of the molecule is O=C(O)C1=C(SCC2CCNCC2)SC2CC(=O)N12. The predicted octanol–water partition coefficient (Wildman–Crippen LogP) is 1.28. The molecule has 7 heteroatoms. The number of fused-ring (bicyclic) bond motifs is 1. The number of β-lactam (4-membered cyclic amide) rings is 1. The third-order valence-electron chi connectivity index (χ3n) is 3.69. The van der Waals surface area contributed by atoms with Crippen LogP contribution in [0.5, 0.6) is 0 Å². The predicted molar refractivity (Wildman–Crippen MR) is 75.6 cm³/mol. The molecule has 1 amide bonds. The van der Waals surface area contributed by atoms with Crippen LogP contribution in [-0.4, -0.2) is 46.1 Å². The van der Waals surface area contributed by atoms with E-state index in [1.807, 2.05) is 0 Å². The summed E-state index contributed by atoms with van der Waals surface area (Å²) in [6.45, 7) is 2.10. The monoisotopic (exact) mass is 300 g/mol. The molecule has 0 aromatic heterocycles. The van der Waals surface area contributed by atoms with E-state index in [-0.39, 0.29) is 17.0 Å². The molecule has 0 aliphatic carbocycles. The standard InChI is InChI=1S/C12H16N2O3S2/c15-8-5-9-14(8)10(11(16)17)12(19-9)18-6-7-1-3-13-4-2-7/h7,9,13H,1-6H2,(H,16,17). The first kappa shape index (κ1) is 13.3. The van der Waals surface area contributed by atoms with E-state index < -0.39 is 5.97 Å². The van der Waals surface area contributed by atoms with Crippen molar-refractivity contribution >= 4 is 35.4 Å². The fourth-order valence-electron chi connectivity index (χ4n) is 2.56. The first-order valence-corrected chi connectivity index (χ1v) is 8.33. The highest BCUT2D eigenvalue weighted by atomic mass is 32.2. The van der Waals surface area contributed by atoms with Gasteiger partial charge in [-0.2, -0.15) is 0 Å². The number of thioether (sulfide) groups is 2. The zero-order chi connectivity index (χ0) is 13.4. The molecular formula is C12H16N2O3S2. The van der Waals surface area contributed by atoms with Gasteiger partial charge in [-0.1, -0.05) is 11.8 Å². The Morgan fingerprint density at radius 1 is 1.47 bits per heavy atom. The zero-order valence-electron chi connectivity index (χ0n) is 10.4. The van der Waals surface area contributed by atoms with Gasteiger partial charge in [-0.3, -0.25) is 9.69 Å². The third kappa shape index (κ3) is 2.51. The molecule has 3 aliphatic heterocycles. The molecule has 2 N–H and O–H groups in total. The molecule has 0 bridgehead atoms. The van der Waals surface area contributed by atoms with Gasteiger partial charge in [0.15, 0.2) is 5.70 Å². The second kappa shape index (κ2) is 5.38. The summed E-state index contributed by atoms with van der Waals surface area (Å²) in [4.78, 5) is 24.2. The zero-order valence-corrected chi connectivity index (χ0v) is 12.1. The molecule has 0 radical (unpaired) electrons. The molecule has 3 heterocycles. The Morgan fingerprint density at radius 2 is 2.21 bits per heavy atom. The lowest BCUT2D eigenvalue weighted by molar-refractivity contribution is -0.145. The Morgan fingerprint density at radius 3 is 2.84 bits per heavy atom. The lowest BCUT2D eigenvalue weighted by atomic mass is 10.0. The maximum absolute atomic E-state index is 11.5. The van der Waals surface area contributed by atoms with Gasteiger partial charge in [-0.25, -0.2) is 4.79 Å². The molecule has 19 heavy (non-hydrogen) atoms. The molecule has 0 aromatic carbocycles. The number of aliphatic carboxylic acids is 1. The molecule has 3 rings (SSSR count). The average molecular weight is 300 g/mol. The van der Waals surface area contributed by atoms with Crippen LogP contribution in [0.15, 0.2) is 9.93 Å². The minimum Gasteiger partial charge on any atom is -0.477 e. The summed E-state index contributed by atoms with van der Waals surface area (Å²) in [7, 11) is 0. The molecular weight excluding hydrogens is 284 g/mol. The molecule has 1 atom stereocenters. The second-order valence-corrected chi connectivity index (χ2v) is 7.46. The quantitative estimate of drug-likeness (QED) is 0.762. The Hall–Kier alpha value is -0.660. The molecule has 2 fully saturated rings. The third-order valence-corrected chi connectivity index (χ3v) is 6.49. The van der Waals surface area contributed by atoms with Gasteiger partial charge in [0, 0.05) is 5.75 Å². The van der Waals surface area contributed by atoms with E-state index in [1.165, 1.54) is 4.90 Å². The van der Waals surface area contributed by atoms with Crippen LogP contribution in [-0.2, 0) is 9.59 Å². The van der Waals surface area contributed by atoms with E-state index in [4.69, 9.17) is 0 Å². The maximum atomic E-state index is 11.5. The maximum Gasteiger partial charge on any atom is 0.354 e. The highest BCUT2D eigenvalue weighted by Crippen LogP contribution is 2.50. The van der Waals surface area contributed by atoms with Crippen LogP contribution in [0.1, 0.15) is 19.3 Å². The topological polar surface area (TPSA) is 69.6 Å². The van der Waals surface area contributed by atoms with E-state index in [2.05, 4.69) is 5.32 Å². The van der Waals surface area contributed by atoms with Crippen LogP contribution in [0.4, 0.5) is 0 Å². The summed E-state index contributed by atoms with van der Waals surface area (Å²) in [6, 6.07) is 0. The van der Waals surface area contributed by atoms with Crippen LogP contribution in [0.25, 0.3) is 0 Å². The van der Waals surface area contributed by atoms with Crippen LogP contribution >= 0.6 is 23.5 Å². The number of nitrogens with zero attached hydrogens (tertiary/aromatic N) is 1. The van der Waals surface area contributed by atoms with E-state index in [0.717, 1.165) is 35.9 Å². The number of nitrogens with one attached hydrogen (secondary N) is 1. The second-order valence-electron chi connectivity index (χ2n) is 4.99. The highest BCUT2D eigenvalue weighted by Gasteiger charge is 2.48. The number of carboxylic acid groups (broad SMARTS) is 1. The average Bonchev–Trinajstić information content (AvgIpc) is 2.70. The summed E-state index contributed by atoms with van der Waals surface area (Å²) in [5, 5.41) is 12.6. The van der Waals surface area contributed by atoms with Gasteiger partial charge in [-0.15, -0.1) is 11.8 Å². The molecule has 0 saturated carbocycles. The molecule has 0 aromatic rings. The van der Waals surface area contributed by atoms with Crippen molar-refractivity contribution in [3.8, 4) is 0 Å². The van der Waals surface area contributed by atoms with Crippen LogP contribution in [0.3, 0.4) is 0 Å². The van der Waals surface area contributed by atoms with E-state index in [9.17, 15) is 14.7 Å². The van der Waals surface area contributed by atoms with E-state index >= 15 is 0 Å². The van der Waals surface area contributed by atoms with Gasteiger partial charge in [0.25, 0.3) is 0 Å². The number of hydrogen-bond donors (Lipinski definition) is 2. The van der Waals surface area contributed by atoms with Gasteiger partial charge >= 0.3 is 5.97 Å². The van der Waals surface area contributed by atoms with Gasteiger partial charge in [0.2, 0.25) is 5.91 Å². The number of hydrogen-bond acceptors (Lipinski definition) is 5. The fourth-order valence-corrected chi connectivity index (χ4v) is 5.51. The number of carbonyl (C=O) groups excluding carboxylic acids is 1. The van der Waals surface area contributed by atoms with Crippen LogP contribution in [0.2, 0.25) is 0 Å². The molecule has 104 valence electrons. The number of rotatable bonds is 4. The van der Waals surface area contributed by atoms with Gasteiger partial charge in [0.05, 0.1) is 16.0 Å². The highest BCUT2D eigenvalue weighted by molar-refractivity contribution is 8.22. The Bertz CT molecular complexity index is 446. The molecule has 2 saturated heterocycles. The van der Waals surface area contributed by atoms with E-state index in [0.29, 0.717) is 12.3 Å². The number of piperidine rings is 1. The van der Waals surface area contributed by atoms with Crippen LogP contribution in [0, 0.1) is 5.92 Å². The van der Waals surface area contributed by atoms with Gasteiger partial charge < -0.3 is 10.4 Å². The number of carboxylic acids is 1. The molecule has 3 aliphatic rings. The largest absolute Gasteiger partial charge is 0.477 e. The van der Waals surface area contributed by atoms with E-state index in [1.54, 1.807) is 23.5 Å². The minimum atomic E-state index is -0.976. The van der Waals surface area contributed by atoms with Crippen LogP contribution < -0.4 is 5.32 Å². The van der Waals surface area contributed by atoms with Crippen molar-refractivity contribution in [3.63, 3.8) is 0 Å². The first-order chi connectivity index (χ1) is 9.16. The Labute approximate surface area is 120 Å². The normalized spacial score (nSPS) is 27.5. The summed E-state index contributed by atoms with van der Waals surface area (Å²) < 4.78 is 0.821. The van der Waals surface area contributed by atoms with Gasteiger partial charge in [-0.05, 0) is 31.8 Å². The van der Waals surface area contributed by atoms with Crippen molar-refractivity contribution in [3.05, 3.63) is 9.93 Å². The lowest BCUT2D eigenvalue weighted by Crippen LogP contribution is -2.48. The van der Waals surface area contributed by atoms with Crippen molar-refractivity contribution < 1.29 is 14.7 Å². The Balaban J connectivity index is 1.66. The van der Waals surface area contributed by atoms with Crippen molar-refractivity contribution in [2.75, 3.05) is 18.8 Å². The van der Waals surface area contributed by atoms with Gasteiger partial charge in [0.1, 0.15) is 0 Å². The molecule has 5 nitrogen and oxygen atoms in total. The smallest absolute Gasteiger partial charge is 0.354 e. The minimum absolute atomic E-state index is 0.0362. The Kier molecular flexibility index (Phi) is 3.77. The van der Waals surface area contributed by atoms with Crippen molar-refractivity contribution in [1.29, 1.82) is 0 Å². The molecule has 0 spiro atoms. The summed E-state index contributed by atoms with van der Waals surface area (Å²) in [6.07, 6.45) is 2.78. The van der Waals surface area contributed by atoms with Crippen molar-refractivity contribution in [2.24, 2.45) is 5.92 Å². The first-order valence-electron chi connectivity index (χ1n) is 6.46. The molecule has 1 unspecified atom stereocenters. The lowest BCUT2D eigenvalue weighted by Gasteiger charge is -2.33. The van der Waals surface area contributed by atoms with Crippen molar-refractivity contribution in [1.82, 2.24) is 10.2 Å².